The summed E-state index contributed by atoms with van der Waals surface area (Å²) in [4.78, 5) is 11.9. The molecule has 0 N–H and O–H groups in total. The van der Waals surface area contributed by atoms with Crippen LogP contribution < -0.4 is 0 Å². The van der Waals surface area contributed by atoms with Gasteiger partial charge in [0.05, 0.1) is 0 Å². The molecule has 0 saturated heterocycles. The second-order valence-electron chi connectivity index (χ2n) is 11.3. The molecule has 4 aliphatic rings. The highest BCUT2D eigenvalue weighted by Gasteiger charge is 2.50. The van der Waals surface area contributed by atoms with Crippen LogP contribution in [0, 0.1) is 53.3 Å². The second-order valence-corrected chi connectivity index (χ2v) is 11.3. The van der Waals surface area contributed by atoms with Crippen LogP contribution >= 0.6 is 0 Å². The lowest BCUT2D eigenvalue weighted by molar-refractivity contribution is -0.120. The molecule has 158 valence electrons. The third-order valence-electron chi connectivity index (χ3n) is 9.84. The van der Waals surface area contributed by atoms with Crippen molar-refractivity contribution in [1.29, 1.82) is 0 Å². The maximum Gasteiger partial charge on any atom is 0.136 e. The van der Waals surface area contributed by atoms with Crippen LogP contribution in [0.1, 0.15) is 98.3 Å². The SMILES string of the molecule is CCC(CCC(C)C1CCC2C1CCC1C3CCC(=O)CC3=CCC12)C(C)C. The lowest BCUT2D eigenvalue weighted by atomic mass is 9.56. The van der Waals surface area contributed by atoms with Gasteiger partial charge in [-0.3, -0.25) is 4.79 Å². The summed E-state index contributed by atoms with van der Waals surface area (Å²) in [5, 5.41) is 0. The molecular formula is C27H44O. The minimum Gasteiger partial charge on any atom is -0.299 e. The minimum absolute atomic E-state index is 0.496. The first-order valence-electron chi connectivity index (χ1n) is 12.7. The first kappa shape index (κ1) is 20.7. The van der Waals surface area contributed by atoms with Crippen LogP contribution in [0.2, 0.25) is 0 Å². The molecule has 0 aromatic carbocycles. The number of allylic oxidation sites excluding steroid dienone is 2. The fraction of sp³-hybridized carbons (Fsp3) is 0.889. The summed E-state index contributed by atoms with van der Waals surface area (Å²) in [6.45, 7) is 9.79. The molecule has 3 fully saturated rings. The van der Waals surface area contributed by atoms with E-state index in [1.54, 1.807) is 0 Å². The molecule has 0 spiro atoms. The molecule has 0 heterocycles. The van der Waals surface area contributed by atoms with Crippen molar-refractivity contribution < 1.29 is 4.79 Å². The first-order chi connectivity index (χ1) is 13.5. The molecule has 8 unspecified atom stereocenters. The molecule has 8 atom stereocenters. The largest absolute Gasteiger partial charge is 0.299 e. The van der Waals surface area contributed by atoms with E-state index in [1.807, 2.05) is 0 Å². The molecule has 3 saturated carbocycles. The van der Waals surface area contributed by atoms with Gasteiger partial charge in [0.15, 0.2) is 0 Å². The summed E-state index contributed by atoms with van der Waals surface area (Å²) in [6.07, 6.45) is 16.8. The topological polar surface area (TPSA) is 17.1 Å². The lowest BCUT2D eigenvalue weighted by Crippen LogP contribution is -2.41. The molecule has 4 rings (SSSR count). The van der Waals surface area contributed by atoms with Gasteiger partial charge in [-0.1, -0.05) is 52.2 Å². The highest BCUT2D eigenvalue weighted by Crippen LogP contribution is 2.58. The monoisotopic (exact) mass is 384 g/mol. The smallest absolute Gasteiger partial charge is 0.136 e. The zero-order valence-corrected chi connectivity index (χ0v) is 19.0. The number of carbonyl (C=O) groups is 1. The minimum atomic E-state index is 0.496. The zero-order valence-electron chi connectivity index (χ0n) is 19.0. The Kier molecular flexibility index (Phi) is 6.38. The van der Waals surface area contributed by atoms with E-state index in [4.69, 9.17) is 0 Å². The van der Waals surface area contributed by atoms with E-state index in [-0.39, 0.29) is 0 Å². The molecule has 0 aromatic rings. The van der Waals surface area contributed by atoms with Crippen LogP contribution in [0.5, 0.6) is 0 Å². The Morgan fingerprint density at radius 1 is 0.929 bits per heavy atom. The third-order valence-corrected chi connectivity index (χ3v) is 9.84. The number of Topliss-reactive ketones (excluding diaryl/α,β-unsaturated/α-hetero) is 1. The van der Waals surface area contributed by atoms with Crippen LogP contribution in [0.3, 0.4) is 0 Å². The van der Waals surface area contributed by atoms with Gasteiger partial charge in [-0.05, 0) is 98.2 Å². The molecule has 0 amide bonds. The van der Waals surface area contributed by atoms with Crippen LogP contribution in [-0.4, -0.2) is 5.78 Å². The number of ketones is 1. The van der Waals surface area contributed by atoms with Crippen molar-refractivity contribution >= 4 is 5.78 Å². The Balaban J connectivity index is 1.39. The van der Waals surface area contributed by atoms with Gasteiger partial charge < -0.3 is 0 Å². The van der Waals surface area contributed by atoms with Crippen molar-refractivity contribution in [3.8, 4) is 0 Å². The molecular weight excluding hydrogens is 340 g/mol. The van der Waals surface area contributed by atoms with Crippen molar-refractivity contribution in [3.05, 3.63) is 11.6 Å². The van der Waals surface area contributed by atoms with Crippen molar-refractivity contribution in [2.24, 2.45) is 53.3 Å². The van der Waals surface area contributed by atoms with Crippen molar-refractivity contribution in [2.45, 2.75) is 98.3 Å². The molecule has 28 heavy (non-hydrogen) atoms. The first-order valence-corrected chi connectivity index (χ1v) is 12.7. The third kappa shape index (κ3) is 3.89. The number of hydrogen-bond acceptors (Lipinski definition) is 1. The lowest BCUT2D eigenvalue weighted by Gasteiger charge is -2.49. The van der Waals surface area contributed by atoms with Crippen LogP contribution in [0.4, 0.5) is 0 Å². The summed E-state index contributed by atoms with van der Waals surface area (Å²) in [5.74, 6) is 8.80. The summed E-state index contributed by atoms with van der Waals surface area (Å²) >= 11 is 0. The summed E-state index contributed by atoms with van der Waals surface area (Å²) in [7, 11) is 0. The molecule has 0 aromatic heterocycles. The van der Waals surface area contributed by atoms with Crippen molar-refractivity contribution in [2.75, 3.05) is 0 Å². The van der Waals surface area contributed by atoms with Gasteiger partial charge in [0, 0.05) is 12.8 Å². The Morgan fingerprint density at radius 3 is 2.43 bits per heavy atom. The summed E-state index contributed by atoms with van der Waals surface area (Å²) in [5.41, 5.74) is 1.54. The highest BCUT2D eigenvalue weighted by molar-refractivity contribution is 5.82. The van der Waals surface area contributed by atoms with Crippen molar-refractivity contribution in [3.63, 3.8) is 0 Å². The molecule has 1 heteroatoms. The summed E-state index contributed by atoms with van der Waals surface area (Å²) in [6, 6.07) is 0. The molecule has 0 aliphatic heterocycles. The predicted molar refractivity (Wildman–Crippen MR) is 118 cm³/mol. The van der Waals surface area contributed by atoms with Crippen LogP contribution in [-0.2, 0) is 4.79 Å². The quantitative estimate of drug-likeness (QED) is 0.434. The maximum absolute atomic E-state index is 11.9. The van der Waals surface area contributed by atoms with E-state index in [0.717, 1.165) is 72.5 Å². The number of hydrogen-bond donors (Lipinski definition) is 0. The Morgan fingerprint density at radius 2 is 1.68 bits per heavy atom. The van der Waals surface area contributed by atoms with Crippen LogP contribution in [0.15, 0.2) is 11.6 Å². The highest BCUT2D eigenvalue weighted by atomic mass is 16.1. The van der Waals surface area contributed by atoms with Gasteiger partial charge >= 0.3 is 0 Å². The van der Waals surface area contributed by atoms with Gasteiger partial charge in [0.25, 0.3) is 0 Å². The standard InChI is InChI=1S/C27H44O/c1-5-19(17(2)3)7-6-18(4)22-12-13-27-24(22)14-15-25-23-11-9-21(28)16-20(23)8-10-26(25)27/h8,17-19,22-27H,5-7,9-16H2,1-4H3. The van der Waals surface area contributed by atoms with E-state index in [1.165, 1.54) is 56.9 Å². The average Bonchev–Trinajstić information content (AvgIpc) is 3.12. The van der Waals surface area contributed by atoms with E-state index in [0.29, 0.717) is 5.78 Å². The van der Waals surface area contributed by atoms with E-state index in [9.17, 15) is 4.79 Å². The fourth-order valence-corrected chi connectivity index (χ4v) is 8.21. The average molecular weight is 385 g/mol. The van der Waals surface area contributed by atoms with Crippen molar-refractivity contribution in [1.82, 2.24) is 0 Å². The molecule has 0 radical (unpaired) electrons. The van der Waals surface area contributed by atoms with Gasteiger partial charge in [-0.15, -0.1) is 0 Å². The fourth-order valence-electron chi connectivity index (χ4n) is 8.21. The van der Waals surface area contributed by atoms with E-state index >= 15 is 0 Å². The maximum atomic E-state index is 11.9. The molecule has 4 aliphatic carbocycles. The molecule has 0 bridgehead atoms. The van der Waals surface area contributed by atoms with E-state index < -0.39 is 0 Å². The Hall–Kier alpha value is -0.590. The normalized spacial score (nSPS) is 39.8. The Bertz CT molecular complexity index is 587. The number of rotatable bonds is 6. The Labute approximate surface area is 174 Å². The zero-order chi connectivity index (χ0) is 19.8. The van der Waals surface area contributed by atoms with Gasteiger partial charge in [0.1, 0.15) is 5.78 Å². The second kappa shape index (κ2) is 8.65. The predicted octanol–water partition coefficient (Wildman–Crippen LogP) is 7.45. The van der Waals surface area contributed by atoms with Gasteiger partial charge in [-0.25, -0.2) is 0 Å². The summed E-state index contributed by atoms with van der Waals surface area (Å²) < 4.78 is 0. The number of carbonyl (C=O) groups excluding carboxylic acids is 1. The van der Waals surface area contributed by atoms with Gasteiger partial charge in [-0.2, -0.15) is 0 Å². The number of fused-ring (bicyclic) bond motifs is 5. The van der Waals surface area contributed by atoms with Crippen LogP contribution in [0.25, 0.3) is 0 Å². The van der Waals surface area contributed by atoms with E-state index in [2.05, 4.69) is 33.8 Å². The molecule has 1 nitrogen and oxygen atoms in total. The van der Waals surface area contributed by atoms with Gasteiger partial charge in [0.2, 0.25) is 0 Å².